The van der Waals surface area contributed by atoms with E-state index >= 15 is 0 Å². The predicted octanol–water partition coefficient (Wildman–Crippen LogP) is 4.65. The number of nitrogens with zero attached hydrogens (tertiary/aromatic N) is 3. The third-order valence-corrected chi connectivity index (χ3v) is 4.27. The number of aliphatic carboxylic acids is 1. The summed E-state index contributed by atoms with van der Waals surface area (Å²) in [6.07, 6.45) is -4.16. The molecule has 0 bridgehead atoms. The summed E-state index contributed by atoms with van der Waals surface area (Å²) in [5.74, 6) is -1.50. The van der Waals surface area contributed by atoms with Crippen LogP contribution in [0.2, 0.25) is 10.0 Å². The number of nitriles is 1. The van der Waals surface area contributed by atoms with Gasteiger partial charge < -0.3 is 10.4 Å². The Labute approximate surface area is 172 Å². The van der Waals surface area contributed by atoms with Crippen LogP contribution in [0.5, 0.6) is 0 Å². The lowest BCUT2D eigenvalue weighted by Crippen LogP contribution is -2.15. The van der Waals surface area contributed by atoms with Gasteiger partial charge in [-0.2, -0.15) is 23.5 Å². The van der Waals surface area contributed by atoms with Crippen LogP contribution in [-0.4, -0.2) is 26.8 Å². The van der Waals surface area contributed by atoms with Gasteiger partial charge in [0.25, 0.3) is 0 Å². The number of unbranched alkanes of at least 4 members (excludes halogenated alkanes) is 1. The predicted molar refractivity (Wildman–Crippen MR) is 98.0 cm³/mol. The molecule has 0 unspecified atom stereocenters. The average Bonchev–Trinajstić information content (AvgIpc) is 2.99. The van der Waals surface area contributed by atoms with Crippen molar-refractivity contribution in [2.75, 3.05) is 5.32 Å². The molecule has 1 amide bonds. The third kappa shape index (κ3) is 5.85. The zero-order chi connectivity index (χ0) is 21.8. The Balaban J connectivity index is 2.31. The van der Waals surface area contributed by atoms with Gasteiger partial charge in [-0.1, -0.05) is 23.2 Å². The Morgan fingerprint density at radius 3 is 2.28 bits per heavy atom. The number of carbonyl (C=O) groups is 2. The number of hydrogen-bond donors (Lipinski definition) is 2. The van der Waals surface area contributed by atoms with E-state index in [9.17, 15) is 22.8 Å². The summed E-state index contributed by atoms with van der Waals surface area (Å²) in [5.41, 5.74) is -1.32. The topological polar surface area (TPSA) is 108 Å². The summed E-state index contributed by atoms with van der Waals surface area (Å²) >= 11 is 11.9. The van der Waals surface area contributed by atoms with E-state index in [4.69, 9.17) is 33.6 Å². The molecule has 0 radical (unpaired) electrons. The van der Waals surface area contributed by atoms with Crippen LogP contribution >= 0.6 is 23.2 Å². The molecular formula is C17H13Cl2F3N4O3. The van der Waals surface area contributed by atoms with E-state index in [1.54, 1.807) is 6.07 Å². The number of alkyl halides is 3. The van der Waals surface area contributed by atoms with Crippen LogP contribution < -0.4 is 5.32 Å². The third-order valence-electron chi connectivity index (χ3n) is 3.69. The normalized spacial score (nSPS) is 11.2. The number of aromatic nitrogens is 2. The number of carboxylic acids is 1. The first-order valence-corrected chi connectivity index (χ1v) is 8.87. The Morgan fingerprint density at radius 2 is 1.76 bits per heavy atom. The quantitative estimate of drug-likeness (QED) is 0.599. The fourth-order valence-corrected chi connectivity index (χ4v) is 3.04. The number of rotatable bonds is 7. The monoisotopic (exact) mass is 448 g/mol. The fourth-order valence-electron chi connectivity index (χ4n) is 2.39. The molecule has 29 heavy (non-hydrogen) atoms. The van der Waals surface area contributed by atoms with E-state index < -0.39 is 23.6 Å². The van der Waals surface area contributed by atoms with Crippen LogP contribution in [0.3, 0.4) is 0 Å². The van der Waals surface area contributed by atoms with Crippen molar-refractivity contribution in [2.45, 2.75) is 31.9 Å². The largest absolute Gasteiger partial charge is 0.481 e. The lowest BCUT2D eigenvalue weighted by atomic mass is 10.2. The Bertz CT molecular complexity index is 960. The molecule has 0 saturated heterocycles. The number of amides is 1. The highest BCUT2D eigenvalue weighted by molar-refractivity contribution is 6.38. The van der Waals surface area contributed by atoms with Crippen LogP contribution in [0.4, 0.5) is 19.0 Å². The Hall–Kier alpha value is -2.77. The van der Waals surface area contributed by atoms with E-state index in [-0.39, 0.29) is 40.1 Å². The molecule has 1 heterocycles. The molecule has 154 valence electrons. The van der Waals surface area contributed by atoms with Gasteiger partial charge in [0, 0.05) is 18.9 Å². The second-order valence-electron chi connectivity index (χ2n) is 5.87. The number of benzene rings is 1. The molecule has 0 fully saturated rings. The molecule has 2 aromatic rings. The van der Waals surface area contributed by atoms with Gasteiger partial charge in [0.15, 0.2) is 5.69 Å². The maximum atomic E-state index is 12.9. The van der Waals surface area contributed by atoms with Crippen molar-refractivity contribution in [3.63, 3.8) is 0 Å². The maximum absolute atomic E-state index is 12.9. The van der Waals surface area contributed by atoms with Crippen molar-refractivity contribution in [1.82, 2.24) is 9.78 Å². The molecular weight excluding hydrogens is 436 g/mol. The Morgan fingerprint density at radius 1 is 1.17 bits per heavy atom. The standard InChI is InChI=1S/C17H13Cl2F3N4O3/c18-11-5-9(17(20,21)22)6-12(19)16(11)26-13(7-10(8-23)25-26)24-14(27)3-1-2-4-15(28)29/h5-7H,1-4H2,(H,24,27)(H,28,29). The maximum Gasteiger partial charge on any atom is 0.416 e. The number of anilines is 1. The minimum Gasteiger partial charge on any atom is -0.481 e. The minimum atomic E-state index is -4.67. The van der Waals surface area contributed by atoms with Gasteiger partial charge in [-0.05, 0) is 25.0 Å². The van der Waals surface area contributed by atoms with Crippen molar-refractivity contribution < 1.29 is 27.9 Å². The lowest BCUT2D eigenvalue weighted by molar-refractivity contribution is -0.138. The van der Waals surface area contributed by atoms with Crippen molar-refractivity contribution in [3.8, 4) is 11.8 Å². The van der Waals surface area contributed by atoms with Crippen molar-refractivity contribution in [2.24, 2.45) is 0 Å². The molecule has 0 atom stereocenters. The summed E-state index contributed by atoms with van der Waals surface area (Å²) in [4.78, 5) is 22.6. The van der Waals surface area contributed by atoms with Crippen LogP contribution in [0.25, 0.3) is 5.69 Å². The van der Waals surface area contributed by atoms with Gasteiger partial charge in [-0.15, -0.1) is 0 Å². The number of hydrogen-bond acceptors (Lipinski definition) is 4. The molecule has 0 aliphatic rings. The van der Waals surface area contributed by atoms with Crippen molar-refractivity contribution >= 4 is 40.9 Å². The van der Waals surface area contributed by atoms with E-state index in [0.717, 1.165) is 4.68 Å². The molecule has 0 spiro atoms. The van der Waals surface area contributed by atoms with Crippen LogP contribution in [0.1, 0.15) is 36.9 Å². The fraction of sp³-hybridized carbons (Fsp3) is 0.294. The van der Waals surface area contributed by atoms with Gasteiger partial charge in [-0.25, -0.2) is 4.68 Å². The zero-order valence-electron chi connectivity index (χ0n) is 14.6. The number of halogens is 5. The second-order valence-corrected chi connectivity index (χ2v) is 6.69. The summed E-state index contributed by atoms with van der Waals surface area (Å²) in [5, 5.41) is 23.3. The summed E-state index contributed by atoms with van der Waals surface area (Å²) in [6.45, 7) is 0. The summed E-state index contributed by atoms with van der Waals surface area (Å²) in [7, 11) is 0. The van der Waals surface area contributed by atoms with Crippen LogP contribution in [0.15, 0.2) is 18.2 Å². The van der Waals surface area contributed by atoms with Crippen molar-refractivity contribution in [3.05, 3.63) is 39.5 Å². The smallest absolute Gasteiger partial charge is 0.416 e. The molecule has 0 aliphatic carbocycles. The highest BCUT2D eigenvalue weighted by atomic mass is 35.5. The number of nitrogens with one attached hydrogen (secondary N) is 1. The SMILES string of the molecule is N#Cc1cc(NC(=O)CCCCC(=O)O)n(-c2c(Cl)cc(C(F)(F)F)cc2Cl)n1. The first-order valence-electron chi connectivity index (χ1n) is 8.11. The van der Waals surface area contributed by atoms with Gasteiger partial charge in [0.2, 0.25) is 5.91 Å². The molecule has 1 aromatic carbocycles. The van der Waals surface area contributed by atoms with E-state index in [2.05, 4.69) is 10.4 Å². The molecule has 1 aromatic heterocycles. The van der Waals surface area contributed by atoms with E-state index in [1.807, 2.05) is 0 Å². The first-order chi connectivity index (χ1) is 13.5. The van der Waals surface area contributed by atoms with Gasteiger partial charge in [0.1, 0.15) is 17.6 Å². The van der Waals surface area contributed by atoms with Gasteiger partial charge >= 0.3 is 12.1 Å². The molecule has 2 rings (SSSR count). The lowest BCUT2D eigenvalue weighted by Gasteiger charge is -2.14. The number of carbonyl (C=O) groups excluding carboxylic acids is 1. The second kappa shape index (κ2) is 9.15. The molecule has 12 heteroatoms. The highest BCUT2D eigenvalue weighted by Crippen LogP contribution is 2.38. The first kappa shape index (κ1) is 22.5. The Kier molecular flexibility index (Phi) is 7.11. The van der Waals surface area contributed by atoms with Crippen LogP contribution in [0, 0.1) is 11.3 Å². The zero-order valence-corrected chi connectivity index (χ0v) is 16.1. The molecule has 7 nitrogen and oxygen atoms in total. The van der Waals surface area contributed by atoms with E-state index in [1.165, 1.54) is 6.07 Å². The molecule has 0 aliphatic heterocycles. The van der Waals surface area contributed by atoms with E-state index in [0.29, 0.717) is 25.0 Å². The van der Waals surface area contributed by atoms with Gasteiger partial charge in [0.05, 0.1) is 15.6 Å². The molecule has 0 saturated carbocycles. The van der Waals surface area contributed by atoms with Crippen LogP contribution in [-0.2, 0) is 15.8 Å². The van der Waals surface area contributed by atoms with Gasteiger partial charge in [-0.3, -0.25) is 9.59 Å². The van der Waals surface area contributed by atoms with Crippen molar-refractivity contribution in [1.29, 1.82) is 5.26 Å². The minimum absolute atomic E-state index is 0.00514. The highest BCUT2D eigenvalue weighted by Gasteiger charge is 2.32. The average molecular weight is 449 g/mol. The molecule has 2 N–H and O–H groups in total. The number of carboxylic acid groups (broad SMARTS) is 1. The summed E-state index contributed by atoms with van der Waals surface area (Å²) < 4.78 is 39.7. The summed E-state index contributed by atoms with van der Waals surface area (Å²) in [6, 6.07) is 4.28.